The van der Waals surface area contributed by atoms with Crippen molar-refractivity contribution < 1.29 is 37.3 Å². The summed E-state index contributed by atoms with van der Waals surface area (Å²) in [5.41, 5.74) is 21.1. The zero-order valence-electron chi connectivity index (χ0n) is 15.2. The van der Waals surface area contributed by atoms with Crippen LogP contribution >= 0.6 is 0 Å². The SMILES string of the molecule is NCCNCCNCCN.NCCNCCNCCN.[Er+3].[S-2].[S-2].[S-2].[S-2].[Sb+5]. The molecule has 0 saturated carbocycles. The van der Waals surface area contributed by atoms with Crippen LogP contribution in [0.25, 0.3) is 0 Å². The van der Waals surface area contributed by atoms with Gasteiger partial charge in [-0.2, -0.15) is 0 Å². The van der Waals surface area contributed by atoms with Crippen LogP contribution < -0.4 is 44.2 Å². The summed E-state index contributed by atoms with van der Waals surface area (Å²) in [4.78, 5) is 0. The summed E-state index contributed by atoms with van der Waals surface area (Å²) in [6.45, 7) is 10.3. The Labute approximate surface area is 235 Å². The van der Waals surface area contributed by atoms with E-state index in [4.69, 9.17) is 22.9 Å². The summed E-state index contributed by atoms with van der Waals surface area (Å²) >= 11 is 0. The van der Waals surface area contributed by atoms with Crippen LogP contribution in [0.4, 0.5) is 0 Å². The quantitative estimate of drug-likeness (QED) is 0.0669. The maximum atomic E-state index is 5.27. The monoisotopic (exact) mass is 707 g/mol. The van der Waals surface area contributed by atoms with Gasteiger partial charge in [-0.1, -0.05) is 0 Å². The molecule has 0 bridgehead atoms. The molecule has 0 saturated heterocycles. The fourth-order valence-corrected chi connectivity index (χ4v) is 1.26. The molecule has 0 amide bonds. The Balaban J connectivity index is -0.0000000337. The fraction of sp³-hybridized carbons (Fsp3) is 1.00. The molecule has 0 heterocycles. The molecular weight excluding hydrogens is 673 g/mol. The number of hydrogen-bond acceptors (Lipinski definition) is 8. The molecule has 0 aliphatic rings. The van der Waals surface area contributed by atoms with Crippen LogP contribution in [0, 0.1) is 37.3 Å². The molecule has 8 nitrogen and oxygen atoms in total. The van der Waals surface area contributed by atoms with E-state index in [2.05, 4.69) is 21.3 Å². The van der Waals surface area contributed by atoms with Crippen LogP contribution in [0.1, 0.15) is 0 Å². The minimum atomic E-state index is 0. The topological polar surface area (TPSA) is 152 Å². The van der Waals surface area contributed by atoms with Gasteiger partial charge in [0.15, 0.2) is 0 Å². The van der Waals surface area contributed by atoms with Crippen LogP contribution in [0.15, 0.2) is 0 Å². The van der Waals surface area contributed by atoms with Gasteiger partial charge in [-0.05, 0) is 0 Å². The molecule has 0 fully saturated rings. The number of nitrogens with one attached hydrogen (secondary N) is 4. The molecule has 0 spiro atoms. The van der Waals surface area contributed by atoms with E-state index in [-0.39, 0.29) is 116 Å². The average Bonchev–Trinajstić information content (AvgIpc) is 2.47. The Morgan fingerprint density at radius 2 is 0.538 bits per heavy atom. The van der Waals surface area contributed by atoms with Crippen LogP contribution in [0.5, 0.6) is 0 Å². The number of hydrogen-bond donors (Lipinski definition) is 8. The van der Waals surface area contributed by atoms with Crippen LogP contribution in [-0.4, -0.2) is 103 Å². The molecule has 0 unspecified atom stereocenters. The second-order valence-corrected chi connectivity index (χ2v) is 4.15. The normalized spacial score (nSPS) is 7.85. The number of rotatable bonds is 14. The van der Waals surface area contributed by atoms with Crippen molar-refractivity contribution in [2.75, 3.05) is 78.5 Å². The molecule has 0 aliphatic heterocycles. The summed E-state index contributed by atoms with van der Waals surface area (Å²) in [7, 11) is 0. The second kappa shape index (κ2) is 56.6. The van der Waals surface area contributed by atoms with E-state index < -0.39 is 0 Å². The zero-order valence-corrected chi connectivity index (χ0v) is 22.8. The minimum Gasteiger partial charge on any atom is -2.00 e. The summed E-state index contributed by atoms with van der Waals surface area (Å²) in [5, 5.41) is 12.7. The standard InChI is InChI=1S/2C6H18N4.Er.4S.Sb/c2*7-1-3-9-5-6-10-4-2-8;;;;;;/h2*9-10H,1-8H2;;;;;;/q;;+3;4*-2;+5. The smallest absolute Gasteiger partial charge is 2.00 e. The first kappa shape index (κ1) is 51.6. The summed E-state index contributed by atoms with van der Waals surface area (Å²) in [6.07, 6.45) is 0. The van der Waals surface area contributed by atoms with Gasteiger partial charge in [-0.25, -0.2) is 0 Å². The molecule has 26 heavy (non-hydrogen) atoms. The van der Waals surface area contributed by atoms with E-state index in [0.29, 0.717) is 26.2 Å². The van der Waals surface area contributed by atoms with Gasteiger partial charge in [-0.3, -0.25) is 0 Å². The van der Waals surface area contributed by atoms with E-state index in [0.717, 1.165) is 52.4 Å². The molecule has 0 aromatic heterocycles. The Morgan fingerprint density at radius 1 is 0.385 bits per heavy atom. The minimum absolute atomic E-state index is 0. The van der Waals surface area contributed by atoms with Crippen LogP contribution in [-0.2, 0) is 54.0 Å². The van der Waals surface area contributed by atoms with E-state index in [1.807, 2.05) is 0 Å². The average molecular weight is 710 g/mol. The molecule has 0 aromatic carbocycles. The van der Waals surface area contributed by atoms with E-state index in [9.17, 15) is 0 Å². The van der Waals surface area contributed by atoms with Crippen molar-refractivity contribution in [1.29, 1.82) is 0 Å². The van der Waals surface area contributed by atoms with Gasteiger partial charge in [0.05, 0.1) is 0 Å². The van der Waals surface area contributed by atoms with Crippen molar-refractivity contribution in [2.24, 2.45) is 22.9 Å². The zero-order chi connectivity index (χ0) is 15.3. The predicted octanol–water partition coefficient (Wildman–Crippen LogP) is -4.22. The van der Waals surface area contributed by atoms with Gasteiger partial charge in [0.1, 0.15) is 0 Å². The molecule has 1 radical (unpaired) electrons. The predicted molar refractivity (Wildman–Crippen MR) is 123 cm³/mol. The summed E-state index contributed by atoms with van der Waals surface area (Å²) < 4.78 is 0. The van der Waals surface area contributed by atoms with E-state index in [1.54, 1.807) is 0 Å². The summed E-state index contributed by atoms with van der Waals surface area (Å²) in [5.74, 6) is 0. The fourth-order valence-electron chi connectivity index (χ4n) is 1.26. The van der Waals surface area contributed by atoms with Crippen molar-refractivity contribution in [3.8, 4) is 0 Å². The Hall–Kier alpha value is 3.14. The first-order valence-corrected chi connectivity index (χ1v) is 7.46. The van der Waals surface area contributed by atoms with Crippen LogP contribution in [0.2, 0.25) is 0 Å². The molecular formula is C12H36ErN8S4Sb. The van der Waals surface area contributed by atoms with Crippen molar-refractivity contribution in [3.05, 3.63) is 0 Å². The molecule has 165 valence electrons. The first-order chi connectivity index (χ1) is 9.83. The van der Waals surface area contributed by atoms with Crippen molar-refractivity contribution >= 4 is 78.4 Å². The van der Waals surface area contributed by atoms with Crippen molar-refractivity contribution in [3.63, 3.8) is 0 Å². The Morgan fingerprint density at radius 3 is 0.654 bits per heavy atom. The Kier molecular flexibility index (Phi) is 112. The molecule has 12 N–H and O–H groups in total. The van der Waals surface area contributed by atoms with Crippen molar-refractivity contribution in [2.45, 2.75) is 0 Å². The first-order valence-electron chi connectivity index (χ1n) is 7.46. The van der Waals surface area contributed by atoms with Gasteiger partial charge >= 0.3 is 61.7 Å². The van der Waals surface area contributed by atoms with Gasteiger partial charge < -0.3 is 98.2 Å². The molecule has 14 heteroatoms. The third-order valence-corrected chi connectivity index (χ3v) is 2.24. The number of nitrogens with two attached hydrogens (primary N) is 4. The van der Waals surface area contributed by atoms with E-state index >= 15 is 0 Å². The third-order valence-electron chi connectivity index (χ3n) is 2.24. The molecule has 0 aromatic rings. The maximum absolute atomic E-state index is 5.27. The largest absolute Gasteiger partial charge is 5.00 e. The Bertz CT molecular complexity index is 143. The van der Waals surface area contributed by atoms with Gasteiger partial charge in [0.25, 0.3) is 0 Å². The van der Waals surface area contributed by atoms with E-state index in [1.165, 1.54) is 0 Å². The summed E-state index contributed by atoms with van der Waals surface area (Å²) in [6, 6.07) is 0. The van der Waals surface area contributed by atoms with Crippen molar-refractivity contribution in [1.82, 2.24) is 21.3 Å². The van der Waals surface area contributed by atoms with Gasteiger partial charge in [0.2, 0.25) is 0 Å². The third kappa shape index (κ3) is 63.1. The van der Waals surface area contributed by atoms with Gasteiger partial charge in [0, 0.05) is 78.5 Å². The van der Waals surface area contributed by atoms with Crippen LogP contribution in [0.3, 0.4) is 0 Å². The second-order valence-electron chi connectivity index (χ2n) is 4.15. The molecule has 0 rings (SSSR count). The maximum Gasteiger partial charge on any atom is 5.00 e. The van der Waals surface area contributed by atoms with Gasteiger partial charge in [-0.15, -0.1) is 0 Å². The molecule has 0 aliphatic carbocycles. The molecule has 0 atom stereocenters.